The van der Waals surface area contributed by atoms with Gasteiger partial charge in [-0.25, -0.2) is 13.8 Å². The molecule has 1 heterocycles. The number of rotatable bonds is 3. The number of nitrogens with two attached hydrogens (primary N) is 1. The van der Waals surface area contributed by atoms with Crippen LogP contribution in [0.15, 0.2) is 50.3 Å². The highest BCUT2D eigenvalue weighted by Gasteiger charge is 2.08. The maximum absolute atomic E-state index is 12.9. The summed E-state index contributed by atoms with van der Waals surface area (Å²) < 4.78 is 32.3. The molecular weight excluding hydrogens is 460 g/mol. The molecule has 0 atom stereocenters. The fourth-order valence-corrected chi connectivity index (χ4v) is 2.79. The molecule has 4 nitrogen and oxygen atoms in total. The molecule has 0 aromatic heterocycles. The van der Waals surface area contributed by atoms with Crippen LogP contribution in [0.4, 0.5) is 8.78 Å². The topological polar surface area (TPSA) is 59.6 Å². The molecule has 2 aromatic carbocycles. The Hall–Kier alpha value is -1.51. The number of nitrogens with zero attached hydrogens (tertiary/aromatic N) is 1. The molecule has 0 amide bonds. The normalized spacial score (nSPS) is 12.8. The molecule has 0 saturated carbocycles. The van der Waals surface area contributed by atoms with E-state index in [1.54, 1.807) is 12.1 Å². The molecule has 0 saturated heterocycles. The van der Waals surface area contributed by atoms with Gasteiger partial charge >= 0.3 is 0 Å². The summed E-state index contributed by atoms with van der Waals surface area (Å²) in [7, 11) is 0. The van der Waals surface area contributed by atoms with E-state index < -0.39 is 0 Å². The van der Waals surface area contributed by atoms with Crippen molar-refractivity contribution in [2.75, 3.05) is 13.2 Å². The molecule has 8 heteroatoms. The van der Waals surface area contributed by atoms with Crippen molar-refractivity contribution in [1.29, 1.82) is 0 Å². The van der Waals surface area contributed by atoms with E-state index in [1.165, 1.54) is 24.3 Å². The Bertz CT molecular complexity index is 757. The van der Waals surface area contributed by atoms with Gasteiger partial charge < -0.3 is 15.8 Å². The van der Waals surface area contributed by atoms with Crippen molar-refractivity contribution >= 4 is 37.9 Å². The number of benzene rings is 2. The number of hydrogen-bond acceptors (Lipinski definition) is 4. The van der Waals surface area contributed by atoms with Gasteiger partial charge in [0.1, 0.15) is 18.2 Å². The Morgan fingerprint density at radius 2 is 1.64 bits per heavy atom. The largest absolute Gasteiger partial charge is 0.463 e. The number of nitrogens with one attached hydrogen (secondary N) is 1. The maximum atomic E-state index is 12.9. The van der Waals surface area contributed by atoms with Gasteiger partial charge in [-0.3, -0.25) is 0 Å². The van der Waals surface area contributed by atoms with Gasteiger partial charge in [-0.05, 0) is 47.5 Å². The quantitative estimate of drug-likeness (QED) is 0.700. The van der Waals surface area contributed by atoms with E-state index in [-0.39, 0.29) is 11.6 Å². The highest BCUT2D eigenvalue weighted by molar-refractivity contribution is 9.10. The van der Waals surface area contributed by atoms with Gasteiger partial charge in [-0.15, -0.1) is 0 Å². The standard InChI is InChI=1S/C10H10BrFN2O.C7H7BrFN/c11-9-2-1-8(12)5-7(9)6-14-10-13-3-4-15-10;8-7-2-1-6(9)3-5(7)4-10/h1-2,5H,3-4,6H2,(H,13,14);1-3H,4,10H2. The van der Waals surface area contributed by atoms with Crippen LogP contribution in [0.5, 0.6) is 0 Å². The smallest absolute Gasteiger partial charge is 0.285 e. The van der Waals surface area contributed by atoms with Crippen molar-refractivity contribution in [3.05, 3.63) is 68.1 Å². The minimum Gasteiger partial charge on any atom is -0.463 e. The van der Waals surface area contributed by atoms with Gasteiger partial charge in [0.15, 0.2) is 0 Å². The Labute approximate surface area is 161 Å². The van der Waals surface area contributed by atoms with Gasteiger partial charge in [0.05, 0.1) is 6.54 Å². The monoisotopic (exact) mass is 475 g/mol. The molecule has 3 N–H and O–H groups in total. The predicted octanol–water partition coefficient (Wildman–Crippen LogP) is 4.11. The lowest BCUT2D eigenvalue weighted by Crippen LogP contribution is -2.23. The molecule has 0 unspecified atom stereocenters. The van der Waals surface area contributed by atoms with E-state index in [2.05, 4.69) is 42.2 Å². The predicted molar refractivity (Wildman–Crippen MR) is 101 cm³/mol. The molecule has 0 radical (unpaired) electrons. The highest BCUT2D eigenvalue weighted by Crippen LogP contribution is 2.18. The number of amidine groups is 1. The molecule has 0 fully saturated rings. The first-order valence-corrected chi connectivity index (χ1v) is 9.07. The Balaban J connectivity index is 0.000000196. The molecule has 25 heavy (non-hydrogen) atoms. The lowest BCUT2D eigenvalue weighted by molar-refractivity contribution is 0.331. The molecule has 3 rings (SSSR count). The minimum atomic E-state index is -0.247. The summed E-state index contributed by atoms with van der Waals surface area (Å²) in [4.78, 5) is 4.08. The van der Waals surface area contributed by atoms with Crippen LogP contribution in [0.1, 0.15) is 11.1 Å². The van der Waals surface area contributed by atoms with E-state index in [1.807, 2.05) is 0 Å². The first-order chi connectivity index (χ1) is 12.0. The van der Waals surface area contributed by atoms with Gasteiger partial charge in [-0.1, -0.05) is 31.9 Å². The average Bonchev–Trinajstić information content (AvgIpc) is 3.12. The fraction of sp³-hybridized carbons (Fsp3) is 0.235. The molecule has 0 spiro atoms. The second kappa shape index (κ2) is 9.84. The van der Waals surface area contributed by atoms with E-state index in [0.717, 1.165) is 20.1 Å². The van der Waals surface area contributed by atoms with Crippen molar-refractivity contribution in [2.24, 2.45) is 10.7 Å². The van der Waals surface area contributed by atoms with Crippen LogP contribution < -0.4 is 11.1 Å². The van der Waals surface area contributed by atoms with Crippen LogP contribution in [-0.4, -0.2) is 19.2 Å². The zero-order chi connectivity index (χ0) is 18.2. The minimum absolute atomic E-state index is 0.246. The van der Waals surface area contributed by atoms with Crippen molar-refractivity contribution in [2.45, 2.75) is 13.1 Å². The van der Waals surface area contributed by atoms with Crippen LogP contribution in [0.25, 0.3) is 0 Å². The third kappa shape index (κ3) is 6.37. The van der Waals surface area contributed by atoms with E-state index in [9.17, 15) is 8.78 Å². The first kappa shape index (κ1) is 19.8. The number of halogens is 4. The summed E-state index contributed by atoms with van der Waals surface area (Å²) in [5.41, 5.74) is 6.96. The summed E-state index contributed by atoms with van der Waals surface area (Å²) in [6, 6.07) is 9.57. The van der Waals surface area contributed by atoms with Crippen LogP contribution in [-0.2, 0) is 17.8 Å². The Kier molecular flexibility index (Phi) is 7.80. The summed E-state index contributed by atoms with van der Waals surface area (Å²) in [6.45, 7) is 2.16. The number of hydrogen-bond donors (Lipinski definition) is 2. The third-order valence-electron chi connectivity index (χ3n) is 3.25. The van der Waals surface area contributed by atoms with Crippen molar-refractivity contribution in [1.82, 2.24) is 5.32 Å². The zero-order valence-electron chi connectivity index (χ0n) is 13.2. The second-order valence-corrected chi connectivity index (χ2v) is 6.77. The van der Waals surface area contributed by atoms with Crippen LogP contribution in [0.2, 0.25) is 0 Å². The Morgan fingerprint density at radius 1 is 1.04 bits per heavy atom. The SMILES string of the molecule is Fc1ccc(Br)c(CNC2=NCCO2)c1.NCc1cc(F)ccc1Br. The number of aliphatic imine (C=N–C) groups is 1. The van der Waals surface area contributed by atoms with Gasteiger partial charge in [0, 0.05) is 22.0 Å². The summed E-state index contributed by atoms with van der Waals surface area (Å²) in [5.74, 6) is -0.493. The molecular formula is C17H17Br2F2N3O. The molecule has 0 aliphatic carbocycles. The van der Waals surface area contributed by atoms with Gasteiger partial charge in [0.2, 0.25) is 0 Å². The maximum Gasteiger partial charge on any atom is 0.285 e. The molecule has 1 aliphatic heterocycles. The van der Waals surface area contributed by atoms with Gasteiger partial charge in [0.25, 0.3) is 6.02 Å². The number of ether oxygens (including phenoxy) is 1. The summed E-state index contributed by atoms with van der Waals surface area (Å²) >= 11 is 6.60. The molecule has 134 valence electrons. The molecule has 2 aromatic rings. The van der Waals surface area contributed by atoms with Crippen LogP contribution in [0, 0.1) is 11.6 Å². The van der Waals surface area contributed by atoms with Gasteiger partial charge in [-0.2, -0.15) is 0 Å². The van der Waals surface area contributed by atoms with Crippen molar-refractivity contribution < 1.29 is 13.5 Å². The Morgan fingerprint density at radius 3 is 2.16 bits per heavy atom. The van der Waals surface area contributed by atoms with Crippen LogP contribution >= 0.6 is 31.9 Å². The molecule has 0 bridgehead atoms. The van der Waals surface area contributed by atoms with Crippen molar-refractivity contribution in [3.8, 4) is 0 Å². The van der Waals surface area contributed by atoms with Crippen LogP contribution in [0.3, 0.4) is 0 Å². The van der Waals surface area contributed by atoms with Crippen molar-refractivity contribution in [3.63, 3.8) is 0 Å². The average molecular weight is 477 g/mol. The highest BCUT2D eigenvalue weighted by atomic mass is 79.9. The summed E-state index contributed by atoms with van der Waals surface area (Å²) in [6.07, 6.45) is 0. The van der Waals surface area contributed by atoms with E-state index in [0.29, 0.717) is 32.3 Å². The first-order valence-electron chi connectivity index (χ1n) is 7.48. The second-order valence-electron chi connectivity index (χ2n) is 5.06. The molecule has 1 aliphatic rings. The van der Waals surface area contributed by atoms with E-state index in [4.69, 9.17) is 10.5 Å². The van der Waals surface area contributed by atoms with E-state index >= 15 is 0 Å². The zero-order valence-corrected chi connectivity index (χ0v) is 16.4. The fourth-order valence-electron chi connectivity index (χ4n) is 1.99. The summed E-state index contributed by atoms with van der Waals surface area (Å²) in [5, 5.41) is 3.00. The lowest BCUT2D eigenvalue weighted by Gasteiger charge is -2.07. The third-order valence-corrected chi connectivity index (χ3v) is 4.80. The lowest BCUT2D eigenvalue weighted by atomic mass is 10.2.